The lowest BCUT2D eigenvalue weighted by molar-refractivity contribution is 0.0931. The second kappa shape index (κ2) is 6.47. The number of carbonyl (C=O) groups is 1. The van der Waals surface area contributed by atoms with Crippen LogP contribution < -0.4 is 0 Å². The molecule has 0 saturated carbocycles. The standard InChI is InChI=1S/C13H18FNO2/c1-10(16)6-7-15(2)9-13(17)11-4-3-5-12(14)8-11/h3-5,8,10,16H,6-7,9H2,1-2H3. The minimum absolute atomic E-state index is 0.113. The number of hydrogen-bond acceptors (Lipinski definition) is 3. The molecule has 1 aromatic rings. The Bertz CT molecular complexity index is 379. The molecule has 3 nitrogen and oxygen atoms in total. The van der Waals surface area contributed by atoms with Crippen LogP contribution in [0.1, 0.15) is 23.7 Å². The van der Waals surface area contributed by atoms with E-state index in [0.717, 1.165) is 0 Å². The zero-order valence-corrected chi connectivity index (χ0v) is 10.2. The highest BCUT2D eigenvalue weighted by molar-refractivity contribution is 5.97. The SMILES string of the molecule is CC(O)CCN(C)CC(=O)c1cccc(F)c1. The molecule has 1 rings (SSSR count). The van der Waals surface area contributed by atoms with E-state index in [-0.39, 0.29) is 18.4 Å². The number of halogens is 1. The van der Waals surface area contributed by atoms with Crippen molar-refractivity contribution in [3.63, 3.8) is 0 Å². The summed E-state index contributed by atoms with van der Waals surface area (Å²) in [5, 5.41) is 9.13. The topological polar surface area (TPSA) is 40.5 Å². The van der Waals surface area contributed by atoms with Crippen LogP contribution >= 0.6 is 0 Å². The highest BCUT2D eigenvalue weighted by atomic mass is 19.1. The van der Waals surface area contributed by atoms with Crippen LogP contribution in [-0.2, 0) is 0 Å². The van der Waals surface area contributed by atoms with Gasteiger partial charge in [-0.05, 0) is 32.5 Å². The number of nitrogens with zero attached hydrogens (tertiary/aromatic N) is 1. The molecule has 0 aliphatic rings. The van der Waals surface area contributed by atoms with Crippen molar-refractivity contribution in [1.29, 1.82) is 0 Å². The molecule has 0 heterocycles. The fourth-order valence-electron chi connectivity index (χ4n) is 1.48. The number of rotatable bonds is 6. The summed E-state index contributed by atoms with van der Waals surface area (Å²) in [5.41, 5.74) is 0.383. The average Bonchev–Trinajstić information content (AvgIpc) is 2.26. The monoisotopic (exact) mass is 239 g/mol. The third-order valence-electron chi connectivity index (χ3n) is 2.49. The molecule has 1 N–H and O–H groups in total. The Labute approximate surface area is 101 Å². The smallest absolute Gasteiger partial charge is 0.176 e. The van der Waals surface area contributed by atoms with Crippen LogP contribution in [0.3, 0.4) is 0 Å². The maximum Gasteiger partial charge on any atom is 0.176 e. The lowest BCUT2D eigenvalue weighted by atomic mass is 10.1. The lowest BCUT2D eigenvalue weighted by Gasteiger charge is -2.16. The van der Waals surface area contributed by atoms with E-state index in [1.807, 2.05) is 4.90 Å². The Morgan fingerprint density at radius 3 is 2.82 bits per heavy atom. The molecule has 0 saturated heterocycles. The summed E-state index contributed by atoms with van der Waals surface area (Å²) in [6.45, 7) is 2.58. The Morgan fingerprint density at radius 1 is 1.53 bits per heavy atom. The normalized spacial score (nSPS) is 12.8. The van der Waals surface area contributed by atoms with Gasteiger partial charge in [0.2, 0.25) is 0 Å². The molecule has 0 amide bonds. The number of aliphatic hydroxyl groups excluding tert-OH is 1. The maximum atomic E-state index is 12.9. The van der Waals surface area contributed by atoms with Crippen molar-refractivity contribution >= 4 is 5.78 Å². The number of benzene rings is 1. The van der Waals surface area contributed by atoms with Crippen LogP contribution in [0.15, 0.2) is 24.3 Å². The molecule has 0 aliphatic heterocycles. The summed E-state index contributed by atoms with van der Waals surface area (Å²) in [6.07, 6.45) is 0.245. The molecule has 0 radical (unpaired) electrons. The van der Waals surface area contributed by atoms with Crippen LogP contribution in [-0.4, -0.2) is 42.0 Å². The van der Waals surface area contributed by atoms with E-state index >= 15 is 0 Å². The third-order valence-corrected chi connectivity index (χ3v) is 2.49. The number of hydrogen-bond donors (Lipinski definition) is 1. The van der Waals surface area contributed by atoms with Crippen LogP contribution in [0.4, 0.5) is 4.39 Å². The predicted molar refractivity (Wildman–Crippen MR) is 64.5 cm³/mol. The van der Waals surface area contributed by atoms with Crippen molar-refractivity contribution in [3.8, 4) is 0 Å². The van der Waals surface area contributed by atoms with Crippen molar-refractivity contribution < 1.29 is 14.3 Å². The van der Waals surface area contributed by atoms with Gasteiger partial charge in [0, 0.05) is 12.1 Å². The van der Waals surface area contributed by atoms with E-state index in [1.54, 1.807) is 20.0 Å². The van der Waals surface area contributed by atoms with Crippen molar-refractivity contribution in [3.05, 3.63) is 35.6 Å². The highest BCUT2D eigenvalue weighted by Gasteiger charge is 2.10. The van der Waals surface area contributed by atoms with Gasteiger partial charge in [0.25, 0.3) is 0 Å². The molecule has 0 aromatic heterocycles. The second-order valence-corrected chi connectivity index (χ2v) is 4.31. The van der Waals surface area contributed by atoms with Crippen molar-refractivity contribution in [2.24, 2.45) is 0 Å². The van der Waals surface area contributed by atoms with Gasteiger partial charge in [-0.3, -0.25) is 9.69 Å². The van der Waals surface area contributed by atoms with Gasteiger partial charge in [0.15, 0.2) is 5.78 Å². The summed E-state index contributed by atoms with van der Waals surface area (Å²) in [4.78, 5) is 13.6. The summed E-state index contributed by atoms with van der Waals surface area (Å²) in [5.74, 6) is -0.514. The Morgan fingerprint density at radius 2 is 2.24 bits per heavy atom. The van der Waals surface area contributed by atoms with E-state index in [2.05, 4.69) is 0 Å². The van der Waals surface area contributed by atoms with E-state index in [1.165, 1.54) is 18.2 Å². The van der Waals surface area contributed by atoms with Gasteiger partial charge in [-0.1, -0.05) is 12.1 Å². The summed E-state index contributed by atoms with van der Waals surface area (Å²) >= 11 is 0. The first-order valence-electron chi connectivity index (χ1n) is 5.64. The molecule has 94 valence electrons. The number of ketones is 1. The first kappa shape index (κ1) is 13.8. The third kappa shape index (κ3) is 5.06. The van der Waals surface area contributed by atoms with E-state index in [0.29, 0.717) is 18.5 Å². The molecular weight excluding hydrogens is 221 g/mol. The molecule has 4 heteroatoms. The van der Waals surface area contributed by atoms with E-state index in [9.17, 15) is 9.18 Å². The quantitative estimate of drug-likeness (QED) is 0.768. The molecule has 17 heavy (non-hydrogen) atoms. The van der Waals surface area contributed by atoms with Crippen molar-refractivity contribution in [2.45, 2.75) is 19.4 Å². The largest absolute Gasteiger partial charge is 0.393 e. The van der Waals surface area contributed by atoms with Gasteiger partial charge in [-0.2, -0.15) is 0 Å². The predicted octanol–water partition coefficient (Wildman–Crippen LogP) is 1.71. The van der Waals surface area contributed by atoms with E-state index < -0.39 is 5.82 Å². The van der Waals surface area contributed by atoms with Gasteiger partial charge in [-0.25, -0.2) is 4.39 Å². The molecular formula is C13H18FNO2. The molecule has 0 fully saturated rings. The lowest BCUT2D eigenvalue weighted by Crippen LogP contribution is -2.28. The van der Waals surface area contributed by atoms with Crippen molar-refractivity contribution in [2.75, 3.05) is 20.1 Å². The van der Waals surface area contributed by atoms with Crippen LogP contribution in [0.25, 0.3) is 0 Å². The minimum atomic E-state index is -0.400. The molecule has 1 atom stereocenters. The van der Waals surface area contributed by atoms with Gasteiger partial charge < -0.3 is 5.11 Å². The summed E-state index contributed by atoms with van der Waals surface area (Å²) in [6, 6.07) is 5.69. The summed E-state index contributed by atoms with van der Waals surface area (Å²) in [7, 11) is 1.81. The van der Waals surface area contributed by atoms with E-state index in [4.69, 9.17) is 5.11 Å². The molecule has 1 unspecified atom stereocenters. The number of carbonyl (C=O) groups excluding carboxylic acids is 1. The highest BCUT2D eigenvalue weighted by Crippen LogP contribution is 2.05. The first-order chi connectivity index (χ1) is 7.99. The number of likely N-dealkylation sites (N-methyl/N-ethyl adjacent to an activating group) is 1. The van der Waals surface area contributed by atoms with Gasteiger partial charge in [-0.15, -0.1) is 0 Å². The van der Waals surface area contributed by atoms with Crippen LogP contribution in [0.2, 0.25) is 0 Å². The van der Waals surface area contributed by atoms with Gasteiger partial charge >= 0.3 is 0 Å². The zero-order valence-electron chi connectivity index (χ0n) is 10.2. The van der Waals surface area contributed by atoms with Crippen molar-refractivity contribution in [1.82, 2.24) is 4.90 Å². The fourth-order valence-corrected chi connectivity index (χ4v) is 1.48. The second-order valence-electron chi connectivity index (χ2n) is 4.31. The fraction of sp³-hybridized carbons (Fsp3) is 0.462. The minimum Gasteiger partial charge on any atom is -0.393 e. The molecule has 1 aromatic carbocycles. The number of Topliss-reactive ketones (excluding diaryl/α,β-unsaturated/α-hetero) is 1. The zero-order chi connectivity index (χ0) is 12.8. The summed E-state index contributed by atoms with van der Waals surface area (Å²) < 4.78 is 12.9. The van der Waals surface area contributed by atoms with Crippen LogP contribution in [0.5, 0.6) is 0 Å². The first-order valence-corrected chi connectivity index (χ1v) is 5.64. The molecule has 0 spiro atoms. The Hall–Kier alpha value is -1.26. The van der Waals surface area contributed by atoms with Gasteiger partial charge in [0.1, 0.15) is 5.82 Å². The Balaban J connectivity index is 2.49. The Kier molecular flexibility index (Phi) is 5.25. The maximum absolute atomic E-state index is 12.9. The average molecular weight is 239 g/mol. The molecule has 0 bridgehead atoms. The number of aliphatic hydroxyl groups is 1. The van der Waals surface area contributed by atoms with Crippen LogP contribution in [0, 0.1) is 5.82 Å². The van der Waals surface area contributed by atoms with Gasteiger partial charge in [0.05, 0.1) is 12.6 Å². The molecule has 0 aliphatic carbocycles.